The molecule has 0 heterocycles. The van der Waals surface area contributed by atoms with Gasteiger partial charge in [-0.1, -0.05) is 82.2 Å². The second-order valence-electron chi connectivity index (χ2n) is 7.46. The lowest BCUT2D eigenvalue weighted by Crippen LogP contribution is -2.25. The van der Waals surface area contributed by atoms with E-state index in [1.807, 2.05) is 37.3 Å². The van der Waals surface area contributed by atoms with E-state index in [2.05, 4.69) is 6.92 Å². The van der Waals surface area contributed by atoms with Crippen LogP contribution in [0.1, 0.15) is 70.8 Å². The molecule has 0 radical (unpaired) electrons. The first kappa shape index (κ1) is 26.1. The van der Waals surface area contributed by atoms with E-state index in [9.17, 15) is 5.11 Å². The number of hydrogen-bond donors (Lipinski definition) is 1. The normalized spacial score (nSPS) is 13.5. The number of hydrogen-bond acceptors (Lipinski definition) is 5. The number of ether oxygens (including phenoxy) is 4. The molecule has 0 spiro atoms. The van der Waals surface area contributed by atoms with Gasteiger partial charge >= 0.3 is 0 Å². The summed E-state index contributed by atoms with van der Waals surface area (Å²) in [6.45, 7) is 6.59. The zero-order valence-electron chi connectivity index (χ0n) is 18.5. The highest BCUT2D eigenvalue weighted by atomic mass is 16.7. The molecule has 0 saturated heterocycles. The number of rotatable bonds is 20. The second kappa shape index (κ2) is 19.0. The Labute approximate surface area is 177 Å². The summed E-state index contributed by atoms with van der Waals surface area (Å²) in [6.07, 6.45) is 9.83. The van der Waals surface area contributed by atoms with Crippen LogP contribution in [0.25, 0.3) is 0 Å². The maximum absolute atomic E-state index is 9.41. The maximum Gasteiger partial charge on any atom is 0.154 e. The Bertz CT molecular complexity index is 454. The van der Waals surface area contributed by atoms with Gasteiger partial charge in [0, 0.05) is 6.61 Å². The maximum atomic E-state index is 9.41. The van der Waals surface area contributed by atoms with Gasteiger partial charge in [-0.05, 0) is 18.9 Å². The van der Waals surface area contributed by atoms with E-state index < -0.39 is 0 Å². The zero-order chi connectivity index (χ0) is 21.0. The molecule has 0 aromatic heterocycles. The van der Waals surface area contributed by atoms with E-state index in [4.69, 9.17) is 18.9 Å². The summed E-state index contributed by atoms with van der Waals surface area (Å²) in [4.78, 5) is 0. The van der Waals surface area contributed by atoms with Gasteiger partial charge in [0.1, 0.15) is 6.10 Å². The molecule has 0 amide bonds. The van der Waals surface area contributed by atoms with Gasteiger partial charge in [0.25, 0.3) is 0 Å². The SMILES string of the molecule is CCCCCCCCCCOC(C)OCCOCC(CO)OCc1ccccc1. The molecule has 1 rings (SSSR count). The molecule has 5 nitrogen and oxygen atoms in total. The first-order valence-electron chi connectivity index (χ1n) is 11.3. The third kappa shape index (κ3) is 15.5. The molecular formula is C24H42O5. The fourth-order valence-corrected chi connectivity index (χ4v) is 2.96. The Morgan fingerprint density at radius 1 is 0.793 bits per heavy atom. The summed E-state index contributed by atoms with van der Waals surface area (Å²) in [5, 5.41) is 9.41. The summed E-state index contributed by atoms with van der Waals surface area (Å²) >= 11 is 0. The van der Waals surface area contributed by atoms with Crippen molar-refractivity contribution in [3.05, 3.63) is 35.9 Å². The monoisotopic (exact) mass is 410 g/mol. The summed E-state index contributed by atoms with van der Waals surface area (Å²) in [6, 6.07) is 9.91. The van der Waals surface area contributed by atoms with Crippen molar-refractivity contribution in [3.63, 3.8) is 0 Å². The van der Waals surface area contributed by atoms with Crippen LogP contribution in [0.5, 0.6) is 0 Å². The lowest BCUT2D eigenvalue weighted by Gasteiger charge is -2.17. The Morgan fingerprint density at radius 3 is 2.14 bits per heavy atom. The van der Waals surface area contributed by atoms with Crippen LogP contribution in [0.3, 0.4) is 0 Å². The van der Waals surface area contributed by atoms with Crippen molar-refractivity contribution in [3.8, 4) is 0 Å². The predicted molar refractivity (Wildman–Crippen MR) is 117 cm³/mol. The van der Waals surface area contributed by atoms with E-state index in [1.54, 1.807) is 0 Å². The van der Waals surface area contributed by atoms with Crippen molar-refractivity contribution in [1.82, 2.24) is 0 Å². The molecule has 0 aliphatic heterocycles. The van der Waals surface area contributed by atoms with E-state index >= 15 is 0 Å². The van der Waals surface area contributed by atoms with E-state index in [0.29, 0.717) is 26.4 Å². The fraction of sp³-hybridized carbons (Fsp3) is 0.750. The molecule has 1 aromatic rings. The minimum Gasteiger partial charge on any atom is -0.394 e. The van der Waals surface area contributed by atoms with Crippen LogP contribution < -0.4 is 0 Å². The van der Waals surface area contributed by atoms with Crippen molar-refractivity contribution in [2.24, 2.45) is 0 Å². The standard InChI is InChI=1S/C24H42O5/c1-3-4-5-6-7-8-9-13-16-27-22(2)28-18-17-26-21-24(19-25)29-20-23-14-11-10-12-15-23/h10-12,14-15,22,24-25H,3-9,13,16-21H2,1-2H3. The third-order valence-corrected chi connectivity index (χ3v) is 4.77. The molecule has 2 unspecified atom stereocenters. The van der Waals surface area contributed by atoms with Gasteiger partial charge in [0.05, 0.1) is 33.0 Å². The lowest BCUT2D eigenvalue weighted by molar-refractivity contribution is -0.143. The Balaban J connectivity index is 1.91. The van der Waals surface area contributed by atoms with E-state index in [-0.39, 0.29) is 19.0 Å². The largest absolute Gasteiger partial charge is 0.394 e. The number of aliphatic hydroxyl groups excluding tert-OH is 1. The number of unbranched alkanes of at least 4 members (excludes halogenated alkanes) is 7. The van der Waals surface area contributed by atoms with Gasteiger partial charge in [-0.2, -0.15) is 0 Å². The average Bonchev–Trinajstić information content (AvgIpc) is 2.75. The topological polar surface area (TPSA) is 57.2 Å². The van der Waals surface area contributed by atoms with Gasteiger partial charge < -0.3 is 24.1 Å². The molecule has 168 valence electrons. The summed E-state index contributed by atoms with van der Waals surface area (Å²) < 4.78 is 22.5. The molecule has 0 aliphatic rings. The van der Waals surface area contributed by atoms with Crippen molar-refractivity contribution < 1.29 is 24.1 Å². The Hall–Kier alpha value is -0.980. The number of benzene rings is 1. The molecule has 29 heavy (non-hydrogen) atoms. The van der Waals surface area contributed by atoms with E-state index in [0.717, 1.165) is 18.6 Å². The zero-order valence-corrected chi connectivity index (χ0v) is 18.5. The first-order valence-corrected chi connectivity index (χ1v) is 11.3. The molecule has 0 fully saturated rings. The molecule has 1 aromatic carbocycles. The average molecular weight is 411 g/mol. The lowest BCUT2D eigenvalue weighted by atomic mass is 10.1. The molecule has 0 bridgehead atoms. The van der Waals surface area contributed by atoms with Crippen molar-refractivity contribution in [2.75, 3.05) is 33.0 Å². The second-order valence-corrected chi connectivity index (χ2v) is 7.46. The van der Waals surface area contributed by atoms with Crippen LogP contribution in [0, 0.1) is 0 Å². The third-order valence-electron chi connectivity index (χ3n) is 4.77. The molecule has 1 N–H and O–H groups in total. The van der Waals surface area contributed by atoms with Crippen molar-refractivity contribution in [1.29, 1.82) is 0 Å². The van der Waals surface area contributed by atoms with Crippen LogP contribution in [0.2, 0.25) is 0 Å². The van der Waals surface area contributed by atoms with Crippen LogP contribution >= 0.6 is 0 Å². The highest BCUT2D eigenvalue weighted by Gasteiger charge is 2.09. The van der Waals surface area contributed by atoms with Gasteiger partial charge in [0.15, 0.2) is 6.29 Å². The van der Waals surface area contributed by atoms with E-state index in [1.165, 1.54) is 44.9 Å². The quantitative estimate of drug-likeness (QED) is 0.239. The predicted octanol–water partition coefficient (Wildman–Crippen LogP) is 5.10. The number of aliphatic hydroxyl groups is 1. The first-order chi connectivity index (χ1) is 14.3. The summed E-state index contributed by atoms with van der Waals surface area (Å²) in [7, 11) is 0. The molecule has 0 saturated carbocycles. The highest BCUT2D eigenvalue weighted by Crippen LogP contribution is 2.09. The van der Waals surface area contributed by atoms with Gasteiger partial charge in [-0.15, -0.1) is 0 Å². The summed E-state index contributed by atoms with van der Waals surface area (Å²) in [5.41, 5.74) is 1.08. The molecule has 2 atom stereocenters. The molecule has 0 aliphatic carbocycles. The van der Waals surface area contributed by atoms with Crippen molar-refractivity contribution in [2.45, 2.75) is 84.2 Å². The Morgan fingerprint density at radius 2 is 1.45 bits per heavy atom. The van der Waals surface area contributed by atoms with Crippen LogP contribution in [0.15, 0.2) is 30.3 Å². The molecule has 5 heteroatoms. The smallest absolute Gasteiger partial charge is 0.154 e. The molecular weight excluding hydrogens is 368 g/mol. The van der Waals surface area contributed by atoms with Gasteiger partial charge in [0.2, 0.25) is 0 Å². The van der Waals surface area contributed by atoms with Crippen LogP contribution in [-0.4, -0.2) is 50.5 Å². The van der Waals surface area contributed by atoms with Gasteiger partial charge in [-0.3, -0.25) is 0 Å². The van der Waals surface area contributed by atoms with Crippen molar-refractivity contribution >= 4 is 0 Å². The van der Waals surface area contributed by atoms with Gasteiger partial charge in [-0.25, -0.2) is 0 Å². The minimum absolute atomic E-state index is 0.0637. The summed E-state index contributed by atoms with van der Waals surface area (Å²) in [5.74, 6) is 0. The Kier molecular flexibility index (Phi) is 17.1. The van der Waals surface area contributed by atoms with Crippen LogP contribution in [-0.2, 0) is 25.6 Å². The fourth-order valence-electron chi connectivity index (χ4n) is 2.96. The minimum atomic E-state index is -0.328. The van der Waals surface area contributed by atoms with Crippen LogP contribution in [0.4, 0.5) is 0 Å². The highest BCUT2D eigenvalue weighted by molar-refractivity contribution is 5.13.